The van der Waals surface area contributed by atoms with E-state index in [-0.39, 0.29) is 18.2 Å². The molecule has 1 amide bonds. The molecule has 4 aromatic rings. The van der Waals surface area contributed by atoms with Crippen molar-refractivity contribution in [3.05, 3.63) is 78.1 Å². The van der Waals surface area contributed by atoms with Crippen molar-refractivity contribution in [2.24, 2.45) is 0 Å². The molecular formula is C24H22F3N5OS. The van der Waals surface area contributed by atoms with E-state index in [1.54, 1.807) is 29.1 Å². The highest BCUT2D eigenvalue weighted by atomic mass is 32.2. The molecule has 0 unspecified atom stereocenters. The third kappa shape index (κ3) is 5.51. The molecule has 0 aliphatic heterocycles. The quantitative estimate of drug-likeness (QED) is 0.353. The van der Waals surface area contributed by atoms with E-state index < -0.39 is 11.7 Å². The normalized spacial score (nSPS) is 11.6. The largest absolute Gasteiger partial charge is 0.416 e. The molecule has 0 fully saturated rings. The summed E-state index contributed by atoms with van der Waals surface area (Å²) in [7, 11) is 3.87. The van der Waals surface area contributed by atoms with Gasteiger partial charge in [0.25, 0.3) is 0 Å². The van der Waals surface area contributed by atoms with Gasteiger partial charge in [0, 0.05) is 37.4 Å². The van der Waals surface area contributed by atoms with E-state index in [0.29, 0.717) is 27.4 Å². The Morgan fingerprint density at radius 1 is 1.12 bits per heavy atom. The van der Waals surface area contributed by atoms with Crippen molar-refractivity contribution in [3.63, 3.8) is 0 Å². The van der Waals surface area contributed by atoms with Crippen LogP contribution < -0.4 is 10.2 Å². The number of anilines is 2. The van der Waals surface area contributed by atoms with Gasteiger partial charge in [-0.3, -0.25) is 9.78 Å². The number of carbonyl (C=O) groups excluding carboxylic acids is 1. The van der Waals surface area contributed by atoms with Crippen molar-refractivity contribution in [3.8, 4) is 0 Å². The minimum absolute atomic E-state index is 0.0114. The van der Waals surface area contributed by atoms with Crippen LogP contribution in [-0.4, -0.2) is 34.5 Å². The Balaban J connectivity index is 1.53. The molecule has 0 saturated heterocycles. The number of carbonyl (C=O) groups is 1. The number of aromatic nitrogens is 3. The zero-order valence-electron chi connectivity index (χ0n) is 18.5. The molecule has 6 nitrogen and oxygen atoms in total. The fourth-order valence-electron chi connectivity index (χ4n) is 3.38. The molecule has 2 heterocycles. The number of pyridine rings is 1. The van der Waals surface area contributed by atoms with E-state index in [0.717, 1.165) is 17.8 Å². The van der Waals surface area contributed by atoms with Gasteiger partial charge in [-0.15, -0.1) is 0 Å². The summed E-state index contributed by atoms with van der Waals surface area (Å²) in [5.74, 6) is 0.0237. The van der Waals surface area contributed by atoms with E-state index >= 15 is 0 Å². The maximum absolute atomic E-state index is 13.0. The minimum Gasteiger partial charge on any atom is -0.378 e. The van der Waals surface area contributed by atoms with Gasteiger partial charge in [0.2, 0.25) is 5.91 Å². The molecule has 2 aromatic heterocycles. The fourth-order valence-corrected chi connectivity index (χ4v) is 4.34. The van der Waals surface area contributed by atoms with Crippen molar-refractivity contribution in [2.75, 3.05) is 24.3 Å². The number of amides is 1. The van der Waals surface area contributed by atoms with Gasteiger partial charge in [0.15, 0.2) is 5.16 Å². The fraction of sp³-hybridized carbons (Fsp3) is 0.208. The standard InChI is InChI=1S/C24H22F3N5OS/c1-31(2)19-8-6-18(7-9-19)29-22(33)14-32-21-13-28-11-10-20(21)30-23(32)34-15-16-4-3-5-17(12-16)24(25,26)27/h3-13H,14-15H2,1-2H3,(H,29,33). The number of hydrogen-bond donors (Lipinski definition) is 1. The Labute approximate surface area is 198 Å². The number of fused-ring (bicyclic) bond motifs is 1. The SMILES string of the molecule is CN(C)c1ccc(NC(=O)Cn2c(SCc3cccc(C(F)(F)F)c3)nc3ccncc32)cc1. The molecule has 0 bridgehead atoms. The molecule has 0 spiro atoms. The molecule has 34 heavy (non-hydrogen) atoms. The van der Waals surface area contributed by atoms with Gasteiger partial charge in [0.05, 0.1) is 22.8 Å². The maximum Gasteiger partial charge on any atom is 0.416 e. The summed E-state index contributed by atoms with van der Waals surface area (Å²) in [5, 5.41) is 3.40. The van der Waals surface area contributed by atoms with Crippen molar-refractivity contribution in [1.82, 2.24) is 14.5 Å². The van der Waals surface area contributed by atoms with Crippen LogP contribution in [0.4, 0.5) is 24.5 Å². The first-order valence-corrected chi connectivity index (χ1v) is 11.4. The third-order valence-electron chi connectivity index (χ3n) is 5.11. The van der Waals surface area contributed by atoms with Crippen LogP contribution >= 0.6 is 11.8 Å². The Kier molecular flexibility index (Phi) is 6.78. The summed E-state index contributed by atoms with van der Waals surface area (Å²) in [5.41, 5.74) is 2.83. The van der Waals surface area contributed by atoms with Crippen molar-refractivity contribution >= 4 is 40.1 Å². The van der Waals surface area contributed by atoms with Gasteiger partial charge in [-0.25, -0.2) is 4.98 Å². The molecule has 10 heteroatoms. The van der Waals surface area contributed by atoms with Gasteiger partial charge in [-0.2, -0.15) is 13.2 Å². The Hall–Kier alpha value is -3.53. The van der Waals surface area contributed by atoms with Crippen molar-refractivity contribution < 1.29 is 18.0 Å². The number of benzene rings is 2. The maximum atomic E-state index is 13.0. The van der Waals surface area contributed by atoms with Crippen LogP contribution in [-0.2, 0) is 23.3 Å². The lowest BCUT2D eigenvalue weighted by atomic mass is 10.1. The van der Waals surface area contributed by atoms with Gasteiger partial charge in [0.1, 0.15) is 6.54 Å². The van der Waals surface area contributed by atoms with E-state index in [2.05, 4.69) is 15.3 Å². The lowest BCUT2D eigenvalue weighted by molar-refractivity contribution is -0.137. The first-order valence-electron chi connectivity index (χ1n) is 10.4. The third-order valence-corrected chi connectivity index (χ3v) is 6.15. The average Bonchev–Trinajstić information content (AvgIpc) is 3.15. The second-order valence-corrected chi connectivity index (χ2v) is 8.76. The molecule has 0 saturated carbocycles. The smallest absolute Gasteiger partial charge is 0.378 e. The highest BCUT2D eigenvalue weighted by Gasteiger charge is 2.30. The number of nitrogens with zero attached hydrogens (tertiary/aromatic N) is 4. The zero-order valence-corrected chi connectivity index (χ0v) is 19.3. The molecule has 0 aliphatic rings. The zero-order chi connectivity index (χ0) is 24.3. The summed E-state index contributed by atoms with van der Waals surface area (Å²) in [4.78, 5) is 23.5. The number of rotatable bonds is 7. The number of halogens is 3. The predicted molar refractivity (Wildman–Crippen MR) is 128 cm³/mol. The summed E-state index contributed by atoms with van der Waals surface area (Å²) >= 11 is 1.27. The number of imidazole rings is 1. The molecule has 176 valence electrons. The Morgan fingerprint density at radius 2 is 1.88 bits per heavy atom. The van der Waals surface area contributed by atoms with Crippen LogP contribution in [0.15, 0.2) is 72.1 Å². The average molecular weight is 486 g/mol. The minimum atomic E-state index is -4.40. The monoisotopic (exact) mass is 485 g/mol. The lowest BCUT2D eigenvalue weighted by Gasteiger charge is -2.13. The van der Waals surface area contributed by atoms with Crippen LogP contribution in [0, 0.1) is 0 Å². The number of thioether (sulfide) groups is 1. The molecular weight excluding hydrogens is 463 g/mol. The second kappa shape index (κ2) is 9.76. The van der Waals surface area contributed by atoms with E-state index in [1.165, 1.54) is 17.8 Å². The molecule has 0 aliphatic carbocycles. The van der Waals surface area contributed by atoms with E-state index in [4.69, 9.17) is 0 Å². The molecule has 1 N–H and O–H groups in total. The Bertz CT molecular complexity index is 1300. The Morgan fingerprint density at radius 3 is 2.59 bits per heavy atom. The van der Waals surface area contributed by atoms with Crippen molar-refractivity contribution in [1.29, 1.82) is 0 Å². The number of nitrogens with one attached hydrogen (secondary N) is 1. The van der Waals surface area contributed by atoms with Gasteiger partial charge < -0.3 is 14.8 Å². The lowest BCUT2D eigenvalue weighted by Crippen LogP contribution is -2.19. The molecule has 4 rings (SSSR count). The van der Waals surface area contributed by atoms with Crippen molar-refractivity contribution in [2.45, 2.75) is 23.6 Å². The predicted octanol–water partition coefficient (Wildman–Crippen LogP) is 5.45. The van der Waals surface area contributed by atoms with E-state index in [1.807, 2.05) is 43.3 Å². The molecule has 0 radical (unpaired) electrons. The van der Waals surface area contributed by atoms with Crippen LogP contribution in [0.25, 0.3) is 11.0 Å². The summed E-state index contributed by atoms with van der Waals surface area (Å²) < 4.78 is 40.9. The first kappa shape index (κ1) is 23.6. The first-order chi connectivity index (χ1) is 16.2. The van der Waals surface area contributed by atoms with Crippen LogP contribution in [0.1, 0.15) is 11.1 Å². The number of alkyl halides is 3. The summed E-state index contributed by atoms with van der Waals surface area (Å²) in [6.07, 6.45) is -1.18. The van der Waals surface area contributed by atoms with Gasteiger partial charge in [-0.1, -0.05) is 30.0 Å². The highest BCUT2D eigenvalue weighted by molar-refractivity contribution is 7.98. The molecule has 0 atom stereocenters. The molecule has 2 aromatic carbocycles. The van der Waals surface area contributed by atoms with Gasteiger partial charge in [-0.05, 0) is 42.0 Å². The van der Waals surface area contributed by atoms with Crippen LogP contribution in [0.5, 0.6) is 0 Å². The number of hydrogen-bond acceptors (Lipinski definition) is 5. The second-order valence-electron chi connectivity index (χ2n) is 7.82. The summed E-state index contributed by atoms with van der Waals surface area (Å²) in [6, 6.07) is 14.4. The van der Waals surface area contributed by atoms with Gasteiger partial charge >= 0.3 is 6.18 Å². The topological polar surface area (TPSA) is 63.1 Å². The highest BCUT2D eigenvalue weighted by Crippen LogP contribution is 2.32. The summed E-state index contributed by atoms with van der Waals surface area (Å²) in [6.45, 7) is -0.0114. The van der Waals surface area contributed by atoms with Crippen LogP contribution in [0.2, 0.25) is 0 Å². The van der Waals surface area contributed by atoms with E-state index in [9.17, 15) is 18.0 Å². The van der Waals surface area contributed by atoms with Crippen LogP contribution in [0.3, 0.4) is 0 Å².